The Morgan fingerprint density at radius 3 is 2.35 bits per heavy atom. The molecule has 0 unspecified atom stereocenters. The van der Waals surface area contributed by atoms with E-state index in [2.05, 4.69) is 38.6 Å². The summed E-state index contributed by atoms with van der Waals surface area (Å²) >= 11 is 5.15. The summed E-state index contributed by atoms with van der Waals surface area (Å²) in [4.78, 5) is 13.4. The lowest BCUT2D eigenvalue weighted by Gasteiger charge is -2.04. The van der Waals surface area contributed by atoms with Gasteiger partial charge in [-0.25, -0.2) is 5.43 Å². The van der Waals surface area contributed by atoms with E-state index in [1.165, 1.54) is 10.5 Å². The van der Waals surface area contributed by atoms with Crippen LogP contribution in [0, 0.1) is 0 Å². The summed E-state index contributed by atoms with van der Waals surface area (Å²) in [7, 11) is 0. The smallest absolute Gasteiger partial charge is 0.267 e. The van der Waals surface area contributed by atoms with Crippen molar-refractivity contribution in [2.24, 2.45) is 5.10 Å². The zero-order chi connectivity index (χ0) is 18.2. The maximum absolute atomic E-state index is 12.1. The standard InChI is InChI=1S/C21H17BrN2OS/c22-19-12-8-16(9-13-19)14-23-24-21(25)18-10-6-17(7-11-18)15-26-20-4-2-1-3-5-20/h1-14H,15H2,(H,24,25)/b23-14-. The number of hydrogen-bond acceptors (Lipinski definition) is 3. The highest BCUT2D eigenvalue weighted by Gasteiger charge is 2.04. The van der Waals surface area contributed by atoms with E-state index in [4.69, 9.17) is 0 Å². The van der Waals surface area contributed by atoms with Crippen LogP contribution in [0.2, 0.25) is 0 Å². The normalized spacial score (nSPS) is 10.8. The lowest BCUT2D eigenvalue weighted by molar-refractivity contribution is 0.0955. The van der Waals surface area contributed by atoms with Gasteiger partial charge in [0, 0.05) is 20.7 Å². The fourth-order valence-corrected chi connectivity index (χ4v) is 3.35. The predicted octanol–water partition coefficient (Wildman–Crippen LogP) is 5.51. The molecule has 0 heterocycles. The Labute approximate surface area is 165 Å². The predicted molar refractivity (Wildman–Crippen MR) is 112 cm³/mol. The Kier molecular flexibility index (Phi) is 6.63. The van der Waals surface area contributed by atoms with Crippen molar-refractivity contribution in [1.29, 1.82) is 0 Å². The number of carbonyl (C=O) groups excluding carboxylic acids is 1. The Hall–Kier alpha value is -2.37. The SMILES string of the molecule is O=C(N/N=C\c1ccc(Br)cc1)c1ccc(CSc2ccccc2)cc1. The molecule has 0 aliphatic rings. The van der Waals surface area contributed by atoms with E-state index in [0.29, 0.717) is 5.56 Å². The molecule has 3 aromatic carbocycles. The van der Waals surface area contributed by atoms with Crippen molar-refractivity contribution in [2.45, 2.75) is 10.6 Å². The molecule has 26 heavy (non-hydrogen) atoms. The molecule has 0 saturated heterocycles. The van der Waals surface area contributed by atoms with E-state index in [1.54, 1.807) is 18.0 Å². The molecule has 0 aliphatic carbocycles. The van der Waals surface area contributed by atoms with Gasteiger partial charge >= 0.3 is 0 Å². The van der Waals surface area contributed by atoms with Gasteiger partial charge in [0.2, 0.25) is 0 Å². The monoisotopic (exact) mass is 424 g/mol. The zero-order valence-corrected chi connectivity index (χ0v) is 16.3. The van der Waals surface area contributed by atoms with Crippen molar-refractivity contribution in [3.8, 4) is 0 Å². The molecule has 130 valence electrons. The molecule has 0 atom stereocenters. The van der Waals surface area contributed by atoms with Gasteiger partial charge in [-0.2, -0.15) is 5.10 Å². The third-order valence-corrected chi connectivity index (χ3v) is 5.23. The van der Waals surface area contributed by atoms with Gasteiger partial charge in [0.25, 0.3) is 5.91 Å². The fraction of sp³-hybridized carbons (Fsp3) is 0.0476. The molecule has 3 rings (SSSR count). The van der Waals surface area contributed by atoms with Crippen molar-refractivity contribution in [2.75, 3.05) is 0 Å². The second-order valence-electron chi connectivity index (χ2n) is 5.55. The fourth-order valence-electron chi connectivity index (χ4n) is 2.21. The highest BCUT2D eigenvalue weighted by Crippen LogP contribution is 2.22. The van der Waals surface area contributed by atoms with Crippen LogP contribution in [-0.4, -0.2) is 12.1 Å². The minimum absolute atomic E-state index is 0.222. The number of nitrogens with one attached hydrogen (secondary N) is 1. The minimum Gasteiger partial charge on any atom is -0.267 e. The maximum atomic E-state index is 12.1. The van der Waals surface area contributed by atoms with Gasteiger partial charge in [0.15, 0.2) is 0 Å². The first kappa shape index (κ1) is 18.4. The molecule has 3 nitrogen and oxygen atoms in total. The van der Waals surface area contributed by atoms with E-state index in [9.17, 15) is 4.79 Å². The van der Waals surface area contributed by atoms with Crippen molar-refractivity contribution < 1.29 is 4.79 Å². The molecule has 0 saturated carbocycles. The molecule has 1 amide bonds. The van der Waals surface area contributed by atoms with Crippen LogP contribution in [0.1, 0.15) is 21.5 Å². The van der Waals surface area contributed by atoms with Gasteiger partial charge in [-0.1, -0.05) is 58.4 Å². The van der Waals surface area contributed by atoms with E-state index in [1.807, 2.05) is 66.7 Å². The van der Waals surface area contributed by atoms with Crippen molar-refractivity contribution >= 4 is 39.8 Å². The summed E-state index contributed by atoms with van der Waals surface area (Å²) < 4.78 is 1.00. The molecule has 0 bridgehead atoms. The van der Waals surface area contributed by atoms with E-state index in [-0.39, 0.29) is 5.91 Å². The highest BCUT2D eigenvalue weighted by molar-refractivity contribution is 9.10. The first-order chi connectivity index (χ1) is 12.7. The summed E-state index contributed by atoms with van der Waals surface area (Å²) in [5.41, 5.74) is 5.24. The van der Waals surface area contributed by atoms with Crippen LogP contribution in [0.5, 0.6) is 0 Å². The largest absolute Gasteiger partial charge is 0.271 e. The summed E-state index contributed by atoms with van der Waals surface area (Å²) in [6, 6.07) is 25.5. The number of hydrazone groups is 1. The van der Waals surface area contributed by atoms with E-state index < -0.39 is 0 Å². The molecule has 1 N–H and O–H groups in total. The Morgan fingerprint density at radius 1 is 0.962 bits per heavy atom. The number of thioether (sulfide) groups is 1. The third kappa shape index (κ3) is 5.58. The molecule has 0 spiro atoms. The molecule has 0 aliphatic heterocycles. The van der Waals surface area contributed by atoms with Crippen LogP contribution in [0.25, 0.3) is 0 Å². The Balaban J connectivity index is 1.52. The summed E-state index contributed by atoms with van der Waals surface area (Å²) in [6.07, 6.45) is 1.62. The Morgan fingerprint density at radius 2 is 1.65 bits per heavy atom. The highest BCUT2D eigenvalue weighted by atomic mass is 79.9. The van der Waals surface area contributed by atoms with E-state index >= 15 is 0 Å². The zero-order valence-electron chi connectivity index (χ0n) is 13.9. The third-order valence-electron chi connectivity index (χ3n) is 3.61. The average Bonchev–Trinajstić information content (AvgIpc) is 2.69. The van der Waals surface area contributed by atoms with Gasteiger partial charge in [0.1, 0.15) is 0 Å². The molecule has 3 aromatic rings. The van der Waals surface area contributed by atoms with Gasteiger partial charge in [-0.3, -0.25) is 4.79 Å². The molecule has 0 radical (unpaired) electrons. The molecule has 5 heteroatoms. The van der Waals surface area contributed by atoms with Crippen LogP contribution < -0.4 is 5.43 Å². The van der Waals surface area contributed by atoms with Crippen LogP contribution >= 0.6 is 27.7 Å². The van der Waals surface area contributed by atoms with Gasteiger partial charge in [-0.05, 0) is 47.5 Å². The lowest BCUT2D eigenvalue weighted by Crippen LogP contribution is -2.17. The molecule has 0 aromatic heterocycles. The number of rotatable bonds is 6. The van der Waals surface area contributed by atoms with Crippen molar-refractivity contribution in [1.82, 2.24) is 5.43 Å². The lowest BCUT2D eigenvalue weighted by atomic mass is 10.1. The number of amides is 1. The molecule has 0 fully saturated rings. The first-order valence-electron chi connectivity index (χ1n) is 8.06. The van der Waals surface area contributed by atoms with Crippen LogP contribution in [0.3, 0.4) is 0 Å². The number of hydrogen-bond donors (Lipinski definition) is 1. The second-order valence-corrected chi connectivity index (χ2v) is 7.51. The number of nitrogens with zero attached hydrogens (tertiary/aromatic N) is 1. The topological polar surface area (TPSA) is 41.5 Å². The molecular formula is C21H17BrN2OS. The molecular weight excluding hydrogens is 408 g/mol. The van der Waals surface area contributed by atoms with E-state index in [0.717, 1.165) is 15.8 Å². The second kappa shape index (κ2) is 9.36. The van der Waals surface area contributed by atoms with Crippen molar-refractivity contribution in [3.05, 3.63) is 100 Å². The quantitative estimate of drug-likeness (QED) is 0.322. The number of halogens is 1. The summed E-state index contributed by atoms with van der Waals surface area (Å²) in [5, 5.41) is 4.00. The van der Waals surface area contributed by atoms with Crippen LogP contribution in [0.4, 0.5) is 0 Å². The van der Waals surface area contributed by atoms with Gasteiger partial charge in [0.05, 0.1) is 6.21 Å². The van der Waals surface area contributed by atoms with Crippen molar-refractivity contribution in [3.63, 3.8) is 0 Å². The average molecular weight is 425 g/mol. The summed E-state index contributed by atoms with van der Waals surface area (Å²) in [6.45, 7) is 0. The van der Waals surface area contributed by atoms with Crippen LogP contribution in [0.15, 0.2) is 93.3 Å². The summed E-state index contributed by atoms with van der Waals surface area (Å²) in [5.74, 6) is 0.647. The van der Waals surface area contributed by atoms with Gasteiger partial charge < -0.3 is 0 Å². The number of carbonyl (C=O) groups is 1. The Bertz CT molecular complexity index is 878. The first-order valence-corrected chi connectivity index (χ1v) is 9.84. The maximum Gasteiger partial charge on any atom is 0.271 e. The van der Waals surface area contributed by atoms with Gasteiger partial charge in [-0.15, -0.1) is 11.8 Å². The minimum atomic E-state index is -0.222. The number of benzene rings is 3. The van der Waals surface area contributed by atoms with Crippen LogP contribution in [-0.2, 0) is 5.75 Å².